The summed E-state index contributed by atoms with van der Waals surface area (Å²) in [5, 5.41) is 16.3. The van der Waals surface area contributed by atoms with Crippen LogP contribution >= 0.6 is 0 Å². The molecule has 6 nitrogen and oxygen atoms in total. The first-order valence-electron chi connectivity index (χ1n) is 7.51. The second-order valence-electron chi connectivity index (χ2n) is 5.58. The fourth-order valence-corrected chi connectivity index (χ4v) is 2.24. The van der Waals surface area contributed by atoms with Crippen LogP contribution in [-0.4, -0.2) is 17.4 Å². The number of aryl methyl sites for hydroxylation is 1. The predicted octanol–water partition coefficient (Wildman–Crippen LogP) is 3.47. The van der Waals surface area contributed by atoms with Gasteiger partial charge in [0.2, 0.25) is 5.91 Å². The maximum atomic E-state index is 13.2. The van der Waals surface area contributed by atoms with E-state index in [4.69, 9.17) is 0 Å². The molecule has 2 aromatic carbocycles. The van der Waals surface area contributed by atoms with E-state index in [9.17, 15) is 23.7 Å². The van der Waals surface area contributed by atoms with Gasteiger partial charge >= 0.3 is 0 Å². The van der Waals surface area contributed by atoms with E-state index in [2.05, 4.69) is 10.6 Å². The van der Waals surface area contributed by atoms with Gasteiger partial charge in [-0.05, 0) is 43.2 Å². The van der Waals surface area contributed by atoms with Crippen molar-refractivity contribution in [2.24, 2.45) is 0 Å². The summed E-state index contributed by atoms with van der Waals surface area (Å²) in [6.07, 6.45) is 0. The largest absolute Gasteiger partial charge is 0.325 e. The number of nitrogens with zero attached hydrogens (tertiary/aromatic N) is 1. The second-order valence-corrected chi connectivity index (χ2v) is 5.58. The molecule has 0 aliphatic heterocycles. The van der Waals surface area contributed by atoms with Gasteiger partial charge in [0.25, 0.3) is 5.69 Å². The summed E-state index contributed by atoms with van der Waals surface area (Å²) in [6.45, 7) is 3.31. The minimum Gasteiger partial charge on any atom is -0.325 e. The fraction of sp³-hybridized carbons (Fsp3) is 0.235. The Morgan fingerprint density at radius 3 is 2.52 bits per heavy atom. The van der Waals surface area contributed by atoms with Crippen LogP contribution in [-0.2, 0) is 4.79 Å². The lowest BCUT2D eigenvalue weighted by Gasteiger charge is -2.15. The van der Waals surface area contributed by atoms with E-state index in [0.29, 0.717) is 16.8 Å². The molecule has 0 unspecified atom stereocenters. The quantitative estimate of drug-likeness (QED) is 0.618. The molecular weight excluding hydrogens is 332 g/mol. The Labute approximate surface area is 143 Å². The first kappa shape index (κ1) is 18.5. The van der Waals surface area contributed by atoms with Gasteiger partial charge < -0.3 is 10.6 Å². The molecule has 0 spiro atoms. The Morgan fingerprint density at radius 1 is 1.20 bits per heavy atom. The lowest BCUT2D eigenvalue weighted by Crippen LogP contribution is -2.30. The zero-order valence-corrected chi connectivity index (χ0v) is 13.7. The first-order valence-corrected chi connectivity index (χ1v) is 7.51. The van der Waals surface area contributed by atoms with Crippen molar-refractivity contribution in [3.8, 4) is 0 Å². The minimum atomic E-state index is -0.947. The number of non-ortho nitro benzene ring substituents is 1. The van der Waals surface area contributed by atoms with Gasteiger partial charge in [0.05, 0.1) is 11.5 Å². The molecular formula is C17H17F2N3O3. The Hall–Kier alpha value is -2.87. The molecule has 8 heteroatoms. The molecule has 0 bridgehead atoms. The lowest BCUT2D eigenvalue weighted by molar-refractivity contribution is -0.384. The molecule has 2 aromatic rings. The highest BCUT2D eigenvalue weighted by molar-refractivity contribution is 5.93. The molecule has 0 aliphatic carbocycles. The van der Waals surface area contributed by atoms with Crippen LogP contribution in [0.3, 0.4) is 0 Å². The molecule has 0 saturated carbocycles. The van der Waals surface area contributed by atoms with E-state index in [0.717, 1.165) is 12.1 Å². The summed E-state index contributed by atoms with van der Waals surface area (Å²) in [4.78, 5) is 22.2. The maximum absolute atomic E-state index is 13.2. The zero-order valence-electron chi connectivity index (χ0n) is 13.7. The van der Waals surface area contributed by atoms with Crippen LogP contribution in [0.1, 0.15) is 24.1 Å². The predicted molar refractivity (Wildman–Crippen MR) is 89.2 cm³/mol. The molecule has 25 heavy (non-hydrogen) atoms. The molecule has 2 N–H and O–H groups in total. The fourth-order valence-electron chi connectivity index (χ4n) is 2.24. The number of anilines is 1. The highest BCUT2D eigenvalue weighted by Crippen LogP contribution is 2.21. The van der Waals surface area contributed by atoms with Gasteiger partial charge in [0, 0.05) is 23.9 Å². The van der Waals surface area contributed by atoms with Crippen LogP contribution in [0.15, 0.2) is 36.4 Å². The number of rotatable bonds is 6. The van der Waals surface area contributed by atoms with Crippen LogP contribution < -0.4 is 10.6 Å². The van der Waals surface area contributed by atoms with Gasteiger partial charge in [-0.3, -0.25) is 14.9 Å². The summed E-state index contributed by atoms with van der Waals surface area (Å²) in [7, 11) is 0. The van der Waals surface area contributed by atoms with E-state index in [-0.39, 0.29) is 24.2 Å². The average molecular weight is 349 g/mol. The Balaban J connectivity index is 1.94. The monoisotopic (exact) mass is 349 g/mol. The van der Waals surface area contributed by atoms with Gasteiger partial charge in [0.1, 0.15) is 0 Å². The summed E-state index contributed by atoms with van der Waals surface area (Å²) < 4.78 is 26.2. The Kier molecular flexibility index (Phi) is 5.76. The van der Waals surface area contributed by atoms with Gasteiger partial charge in [-0.1, -0.05) is 6.07 Å². The molecule has 0 heterocycles. The number of nitrogens with one attached hydrogen (secondary N) is 2. The molecule has 1 amide bonds. The van der Waals surface area contributed by atoms with E-state index < -0.39 is 16.6 Å². The maximum Gasteiger partial charge on any atom is 0.269 e. The molecule has 132 valence electrons. The van der Waals surface area contributed by atoms with Gasteiger partial charge in [-0.25, -0.2) is 8.78 Å². The Morgan fingerprint density at radius 2 is 1.92 bits per heavy atom. The summed E-state index contributed by atoms with van der Waals surface area (Å²) in [6, 6.07) is 7.32. The topological polar surface area (TPSA) is 84.3 Å². The van der Waals surface area contributed by atoms with E-state index in [1.807, 2.05) is 0 Å². The van der Waals surface area contributed by atoms with Crippen LogP contribution in [0.25, 0.3) is 0 Å². The number of carbonyl (C=O) groups excluding carboxylic acids is 1. The number of nitro groups is 1. The summed E-state index contributed by atoms with van der Waals surface area (Å²) in [5.41, 5.74) is 1.49. The number of carbonyl (C=O) groups is 1. The SMILES string of the molecule is Cc1cc([N+](=O)[O-])ccc1NC(=O)CN[C@@H](C)c1ccc(F)c(F)c1. The highest BCUT2D eigenvalue weighted by Gasteiger charge is 2.13. The van der Waals surface area contributed by atoms with Crippen LogP contribution in [0.5, 0.6) is 0 Å². The molecule has 2 rings (SSSR count). The summed E-state index contributed by atoms with van der Waals surface area (Å²) >= 11 is 0. The molecule has 0 saturated heterocycles. The molecule has 0 fully saturated rings. The average Bonchev–Trinajstić information content (AvgIpc) is 2.56. The number of hydrogen-bond donors (Lipinski definition) is 2. The smallest absolute Gasteiger partial charge is 0.269 e. The van der Waals surface area contributed by atoms with E-state index in [1.54, 1.807) is 13.8 Å². The van der Waals surface area contributed by atoms with Crippen molar-refractivity contribution >= 4 is 17.3 Å². The second kappa shape index (κ2) is 7.80. The van der Waals surface area contributed by atoms with Crippen LogP contribution in [0, 0.1) is 28.7 Å². The molecule has 0 radical (unpaired) electrons. The van der Waals surface area contributed by atoms with Crippen molar-refractivity contribution in [2.45, 2.75) is 19.9 Å². The van der Waals surface area contributed by atoms with Crippen molar-refractivity contribution in [1.82, 2.24) is 5.32 Å². The van der Waals surface area contributed by atoms with Crippen molar-refractivity contribution in [3.63, 3.8) is 0 Å². The molecule has 0 aromatic heterocycles. The zero-order chi connectivity index (χ0) is 18.6. The van der Waals surface area contributed by atoms with Gasteiger partial charge in [-0.15, -0.1) is 0 Å². The number of halogens is 2. The van der Waals surface area contributed by atoms with Crippen molar-refractivity contribution in [1.29, 1.82) is 0 Å². The summed E-state index contributed by atoms with van der Waals surface area (Å²) in [5.74, 6) is -2.23. The van der Waals surface area contributed by atoms with E-state index in [1.165, 1.54) is 24.3 Å². The molecule has 0 aliphatic rings. The van der Waals surface area contributed by atoms with Crippen molar-refractivity contribution < 1.29 is 18.5 Å². The third kappa shape index (κ3) is 4.80. The van der Waals surface area contributed by atoms with Gasteiger partial charge in [0.15, 0.2) is 11.6 Å². The van der Waals surface area contributed by atoms with Crippen LogP contribution in [0.2, 0.25) is 0 Å². The number of hydrogen-bond acceptors (Lipinski definition) is 4. The van der Waals surface area contributed by atoms with Gasteiger partial charge in [-0.2, -0.15) is 0 Å². The van der Waals surface area contributed by atoms with Crippen molar-refractivity contribution in [2.75, 3.05) is 11.9 Å². The third-order valence-electron chi connectivity index (χ3n) is 3.71. The lowest BCUT2D eigenvalue weighted by atomic mass is 10.1. The third-order valence-corrected chi connectivity index (χ3v) is 3.71. The number of benzene rings is 2. The van der Waals surface area contributed by atoms with E-state index >= 15 is 0 Å². The van der Waals surface area contributed by atoms with Crippen molar-refractivity contribution in [3.05, 3.63) is 69.3 Å². The standard InChI is InChI=1S/C17H17F2N3O3/c1-10-7-13(22(24)25)4-6-16(10)21-17(23)9-20-11(2)12-3-5-14(18)15(19)8-12/h3-8,11,20H,9H2,1-2H3,(H,21,23)/t11-/m0/s1. The minimum absolute atomic E-state index is 0.0550. The first-order chi connectivity index (χ1) is 11.8. The number of amides is 1. The Bertz CT molecular complexity index is 812. The molecule has 1 atom stereocenters. The number of nitro benzene ring substituents is 1. The normalized spacial score (nSPS) is 11.8. The highest BCUT2D eigenvalue weighted by atomic mass is 19.2. The van der Waals surface area contributed by atoms with Crippen LogP contribution in [0.4, 0.5) is 20.2 Å².